The molecule has 0 spiro atoms. The third-order valence-electron chi connectivity index (χ3n) is 3.31. The summed E-state index contributed by atoms with van der Waals surface area (Å²) >= 11 is 0. The van der Waals surface area contributed by atoms with Crippen LogP contribution in [0.3, 0.4) is 0 Å². The van der Waals surface area contributed by atoms with Gasteiger partial charge in [0, 0.05) is 6.20 Å². The molecule has 1 aliphatic heterocycles. The van der Waals surface area contributed by atoms with E-state index in [1.807, 2.05) is 0 Å². The molecule has 3 rings (SSSR count). The fourth-order valence-corrected chi connectivity index (χ4v) is 2.30. The maximum absolute atomic E-state index is 11.6. The first-order chi connectivity index (χ1) is 9.13. The van der Waals surface area contributed by atoms with E-state index in [1.165, 1.54) is 10.9 Å². The lowest BCUT2D eigenvalue weighted by Gasteiger charge is -2.17. The summed E-state index contributed by atoms with van der Waals surface area (Å²) in [5.74, 6) is 0. The van der Waals surface area contributed by atoms with Crippen molar-refractivity contribution in [2.45, 2.75) is 24.5 Å². The fourth-order valence-electron chi connectivity index (χ4n) is 2.30. The Morgan fingerprint density at radius 2 is 2.21 bits per heavy atom. The molecule has 102 valence electrons. The summed E-state index contributed by atoms with van der Waals surface area (Å²) in [5.41, 5.74) is 0.0501. The first kappa shape index (κ1) is 12.3. The maximum Gasteiger partial charge on any atom is 0.260 e. The van der Waals surface area contributed by atoms with Crippen molar-refractivity contribution in [2.75, 3.05) is 6.61 Å². The molecule has 0 aliphatic carbocycles. The maximum atomic E-state index is 11.6. The smallest absolute Gasteiger partial charge is 0.260 e. The quantitative estimate of drug-likeness (QED) is 0.516. The minimum Gasteiger partial charge on any atom is -0.394 e. The zero-order valence-corrected chi connectivity index (χ0v) is 9.80. The van der Waals surface area contributed by atoms with E-state index in [2.05, 4.69) is 9.97 Å². The molecule has 8 heteroatoms. The van der Waals surface area contributed by atoms with Gasteiger partial charge >= 0.3 is 0 Å². The summed E-state index contributed by atoms with van der Waals surface area (Å²) in [6, 6.07) is 1.55. The third kappa shape index (κ3) is 1.77. The van der Waals surface area contributed by atoms with Gasteiger partial charge < -0.3 is 29.6 Å². The van der Waals surface area contributed by atoms with Crippen LogP contribution < -0.4 is 5.56 Å². The molecule has 1 saturated heterocycles. The van der Waals surface area contributed by atoms with Gasteiger partial charge in [-0.25, -0.2) is 4.98 Å². The van der Waals surface area contributed by atoms with Crippen molar-refractivity contribution >= 4 is 11.0 Å². The Labute approximate surface area is 106 Å². The minimum absolute atomic E-state index is 0.296. The van der Waals surface area contributed by atoms with Gasteiger partial charge in [0.05, 0.1) is 18.3 Å². The molecule has 4 N–H and O–H groups in total. The van der Waals surface area contributed by atoms with Gasteiger partial charge in [-0.15, -0.1) is 0 Å². The molecule has 0 radical (unpaired) electrons. The Kier molecular flexibility index (Phi) is 2.86. The normalized spacial score (nSPS) is 31.1. The van der Waals surface area contributed by atoms with E-state index in [4.69, 9.17) is 9.84 Å². The summed E-state index contributed by atoms with van der Waals surface area (Å²) in [6.45, 7) is -0.401. The van der Waals surface area contributed by atoms with Crippen molar-refractivity contribution in [2.24, 2.45) is 0 Å². The first-order valence-electron chi connectivity index (χ1n) is 5.80. The summed E-state index contributed by atoms with van der Waals surface area (Å²) in [5, 5.41) is 29.1. The average Bonchev–Trinajstić information content (AvgIpc) is 2.94. The van der Waals surface area contributed by atoms with Crippen LogP contribution >= 0.6 is 0 Å². The van der Waals surface area contributed by atoms with E-state index >= 15 is 0 Å². The highest BCUT2D eigenvalue weighted by atomic mass is 16.6. The number of hydrogen-bond donors (Lipinski definition) is 4. The lowest BCUT2D eigenvalue weighted by molar-refractivity contribution is -0.0508. The van der Waals surface area contributed by atoms with Gasteiger partial charge in [0.25, 0.3) is 5.56 Å². The number of nitrogens with zero attached hydrogens (tertiary/aromatic N) is 2. The Morgan fingerprint density at radius 1 is 1.42 bits per heavy atom. The number of hydrogen-bond acceptors (Lipinski definition) is 6. The summed E-state index contributed by atoms with van der Waals surface area (Å²) < 4.78 is 6.85. The van der Waals surface area contributed by atoms with Crippen LogP contribution in [-0.4, -0.2) is 54.8 Å². The van der Waals surface area contributed by atoms with Crippen LogP contribution in [0.25, 0.3) is 11.0 Å². The Balaban J connectivity index is 2.06. The lowest BCUT2D eigenvalue weighted by Crippen LogP contribution is -2.33. The number of ether oxygens (including phenoxy) is 1. The lowest BCUT2D eigenvalue weighted by atomic mass is 10.1. The predicted octanol–water partition coefficient (Wildman–Crippen LogP) is -1.66. The number of fused-ring (bicyclic) bond motifs is 1. The number of aromatic nitrogens is 3. The summed E-state index contributed by atoms with van der Waals surface area (Å²) in [7, 11) is 0. The molecule has 2 aromatic rings. The molecule has 0 amide bonds. The molecule has 19 heavy (non-hydrogen) atoms. The summed E-state index contributed by atoms with van der Waals surface area (Å²) in [4.78, 5) is 18.0. The van der Waals surface area contributed by atoms with E-state index in [0.717, 1.165) is 0 Å². The van der Waals surface area contributed by atoms with Crippen LogP contribution in [0.5, 0.6) is 0 Å². The number of aliphatic hydroxyl groups excluding tert-OH is 3. The number of aromatic amines is 1. The Bertz CT molecular complexity index is 651. The van der Waals surface area contributed by atoms with Crippen molar-refractivity contribution in [3.8, 4) is 0 Å². The predicted molar refractivity (Wildman–Crippen MR) is 63.4 cm³/mol. The number of rotatable bonds is 2. The van der Waals surface area contributed by atoms with Crippen molar-refractivity contribution in [1.82, 2.24) is 14.5 Å². The van der Waals surface area contributed by atoms with Crippen LogP contribution in [0.4, 0.5) is 0 Å². The van der Waals surface area contributed by atoms with Crippen molar-refractivity contribution in [1.29, 1.82) is 0 Å². The minimum atomic E-state index is -1.20. The van der Waals surface area contributed by atoms with Crippen LogP contribution in [0, 0.1) is 0 Å². The zero-order chi connectivity index (χ0) is 13.6. The number of nitrogens with one attached hydrogen (secondary N) is 1. The zero-order valence-electron chi connectivity index (χ0n) is 9.80. The van der Waals surface area contributed by atoms with E-state index in [9.17, 15) is 15.0 Å². The van der Waals surface area contributed by atoms with Gasteiger partial charge in [0.1, 0.15) is 24.0 Å². The number of aliphatic hydroxyl groups is 3. The van der Waals surface area contributed by atoms with Crippen LogP contribution in [0.15, 0.2) is 23.4 Å². The highest BCUT2D eigenvalue weighted by Gasteiger charge is 2.43. The highest BCUT2D eigenvalue weighted by Crippen LogP contribution is 2.31. The van der Waals surface area contributed by atoms with Crippen LogP contribution in [0.1, 0.15) is 6.23 Å². The second-order valence-corrected chi connectivity index (χ2v) is 4.42. The SMILES string of the molecule is O=c1[nH]cnc2c1ccn2C1O[C@H](CO)[C@@H](O)[C@H]1O. The monoisotopic (exact) mass is 267 g/mol. The van der Waals surface area contributed by atoms with Gasteiger partial charge in [-0.3, -0.25) is 4.79 Å². The van der Waals surface area contributed by atoms with E-state index in [1.54, 1.807) is 12.3 Å². The molecule has 1 aliphatic rings. The van der Waals surface area contributed by atoms with Gasteiger partial charge in [-0.05, 0) is 6.07 Å². The van der Waals surface area contributed by atoms with Crippen molar-refractivity contribution < 1.29 is 20.1 Å². The topological polar surface area (TPSA) is 121 Å². The van der Waals surface area contributed by atoms with Gasteiger partial charge in [-0.2, -0.15) is 0 Å². The largest absolute Gasteiger partial charge is 0.394 e. The van der Waals surface area contributed by atoms with Gasteiger partial charge in [0.2, 0.25) is 0 Å². The molecule has 0 saturated carbocycles. The molecule has 0 aromatic carbocycles. The molecule has 1 unspecified atom stereocenters. The molecule has 4 atom stereocenters. The van der Waals surface area contributed by atoms with Crippen molar-refractivity contribution in [3.63, 3.8) is 0 Å². The number of H-pyrrole nitrogens is 1. The van der Waals surface area contributed by atoms with Gasteiger partial charge in [-0.1, -0.05) is 0 Å². The Hall–Kier alpha value is -1.74. The second-order valence-electron chi connectivity index (χ2n) is 4.42. The van der Waals surface area contributed by atoms with Gasteiger partial charge in [0.15, 0.2) is 6.23 Å². The van der Waals surface area contributed by atoms with E-state index in [-0.39, 0.29) is 5.56 Å². The average molecular weight is 267 g/mol. The molecule has 1 fully saturated rings. The molecular weight excluding hydrogens is 254 g/mol. The standard InChI is InChI=1S/C11H13N3O5/c15-3-6-7(16)8(17)11(19-6)14-2-1-5-9(14)12-4-13-10(5)18/h1-2,4,6-8,11,15-17H,3H2,(H,12,13,18)/t6-,7-,8-,11?/m1/s1. The molecule has 3 heterocycles. The van der Waals surface area contributed by atoms with E-state index in [0.29, 0.717) is 11.0 Å². The molecule has 2 aromatic heterocycles. The highest BCUT2D eigenvalue weighted by molar-refractivity contribution is 5.74. The molecule has 8 nitrogen and oxygen atoms in total. The molecular formula is C11H13N3O5. The fraction of sp³-hybridized carbons (Fsp3) is 0.455. The second kappa shape index (κ2) is 4.42. The van der Waals surface area contributed by atoms with Crippen molar-refractivity contribution in [3.05, 3.63) is 28.9 Å². The summed E-state index contributed by atoms with van der Waals surface area (Å²) in [6.07, 6.45) is -1.34. The van der Waals surface area contributed by atoms with Crippen LogP contribution in [-0.2, 0) is 4.74 Å². The van der Waals surface area contributed by atoms with E-state index < -0.39 is 31.1 Å². The molecule has 0 bridgehead atoms. The van der Waals surface area contributed by atoms with Crippen LogP contribution in [0.2, 0.25) is 0 Å². The third-order valence-corrected chi connectivity index (χ3v) is 3.31. The first-order valence-corrected chi connectivity index (χ1v) is 5.80. The Morgan fingerprint density at radius 3 is 2.89 bits per heavy atom.